The minimum absolute atomic E-state index is 0. The van der Waals surface area contributed by atoms with Gasteiger partial charge in [0.1, 0.15) is 0 Å². The number of carbonyl (C=O) groups excluding carboxylic acids is 1. The fraction of sp³-hybridized carbons (Fsp3) is 0.833. The van der Waals surface area contributed by atoms with Crippen molar-refractivity contribution in [2.24, 2.45) is 11.7 Å². The molecule has 0 bridgehead atoms. The summed E-state index contributed by atoms with van der Waals surface area (Å²) in [4.78, 5) is 10.5. The van der Waals surface area contributed by atoms with Crippen LogP contribution in [0.1, 0.15) is 12.8 Å². The Bertz CT molecular complexity index is 152. The summed E-state index contributed by atoms with van der Waals surface area (Å²) in [6.07, 6.45) is 2.23. The van der Waals surface area contributed by atoms with Crippen LogP contribution in [0.15, 0.2) is 0 Å². The number of hydrogen-bond donors (Lipinski definition) is 2. The van der Waals surface area contributed by atoms with Crippen LogP contribution >= 0.6 is 12.4 Å². The lowest BCUT2D eigenvalue weighted by Gasteiger charge is -2.06. The molecule has 0 radical (unpaired) electrons. The molecule has 2 rings (SSSR count). The van der Waals surface area contributed by atoms with Gasteiger partial charge >= 0.3 is 0 Å². The summed E-state index contributed by atoms with van der Waals surface area (Å²) < 4.78 is 0. The summed E-state index contributed by atoms with van der Waals surface area (Å²) in [5.41, 5.74) is 5.08. The average molecular weight is 163 g/mol. The van der Waals surface area contributed by atoms with Crippen LogP contribution in [0.4, 0.5) is 0 Å². The minimum Gasteiger partial charge on any atom is -0.368 e. The number of halogens is 1. The smallest absolute Gasteiger partial charge is 0.234 e. The van der Waals surface area contributed by atoms with Crippen LogP contribution in [0.2, 0.25) is 0 Å². The van der Waals surface area contributed by atoms with Crippen molar-refractivity contribution >= 4 is 18.3 Å². The fourth-order valence-corrected chi connectivity index (χ4v) is 1.54. The second-order valence-electron chi connectivity index (χ2n) is 2.96. The molecule has 2 fully saturated rings. The molecule has 1 aliphatic carbocycles. The lowest BCUT2D eigenvalue weighted by atomic mass is 10.2. The number of nitrogens with two attached hydrogens (primary N) is 1. The zero-order valence-electron chi connectivity index (χ0n) is 5.54. The predicted octanol–water partition coefficient (Wildman–Crippen LogP) is -0.356. The van der Waals surface area contributed by atoms with Crippen LogP contribution in [-0.4, -0.2) is 18.0 Å². The van der Waals surface area contributed by atoms with Crippen LogP contribution in [0.5, 0.6) is 0 Å². The number of rotatable bonds is 1. The summed E-state index contributed by atoms with van der Waals surface area (Å²) in [6.45, 7) is 0. The molecule has 58 valence electrons. The summed E-state index contributed by atoms with van der Waals surface area (Å²) in [5.74, 6) is 0.574. The number of hydrogen-bond acceptors (Lipinski definition) is 2. The summed E-state index contributed by atoms with van der Waals surface area (Å²) in [5, 5.41) is 3.15. The van der Waals surface area contributed by atoms with Gasteiger partial charge in [-0.25, -0.2) is 0 Å². The van der Waals surface area contributed by atoms with Gasteiger partial charge in [-0.15, -0.1) is 12.4 Å². The van der Waals surface area contributed by atoms with Crippen molar-refractivity contribution in [3.63, 3.8) is 0 Å². The average Bonchev–Trinajstić information content (AvgIpc) is 2.40. The molecule has 0 spiro atoms. The normalized spacial score (nSPS) is 41.8. The van der Waals surface area contributed by atoms with Crippen LogP contribution in [0.3, 0.4) is 0 Å². The molecular formula is C6H11ClN2O. The third kappa shape index (κ3) is 1.11. The van der Waals surface area contributed by atoms with Gasteiger partial charge in [-0.2, -0.15) is 0 Å². The van der Waals surface area contributed by atoms with E-state index in [1.54, 1.807) is 0 Å². The maximum atomic E-state index is 10.5. The maximum Gasteiger partial charge on any atom is 0.234 e. The van der Waals surface area contributed by atoms with E-state index in [1.165, 1.54) is 6.42 Å². The predicted molar refractivity (Wildman–Crippen MR) is 39.9 cm³/mol. The van der Waals surface area contributed by atoms with E-state index in [-0.39, 0.29) is 24.4 Å². The van der Waals surface area contributed by atoms with Gasteiger partial charge in [0.15, 0.2) is 0 Å². The first-order chi connectivity index (χ1) is 4.27. The highest BCUT2D eigenvalue weighted by Gasteiger charge is 2.47. The van der Waals surface area contributed by atoms with Crippen LogP contribution < -0.4 is 11.1 Å². The lowest BCUT2D eigenvalue weighted by Crippen LogP contribution is -2.38. The number of carbonyl (C=O) groups is 1. The van der Waals surface area contributed by atoms with Crippen LogP contribution in [0.25, 0.3) is 0 Å². The van der Waals surface area contributed by atoms with Crippen LogP contribution in [0, 0.1) is 5.92 Å². The largest absolute Gasteiger partial charge is 0.368 e. The number of piperidine rings is 1. The molecule has 10 heavy (non-hydrogen) atoms. The third-order valence-corrected chi connectivity index (χ3v) is 2.22. The molecule has 1 aliphatic heterocycles. The third-order valence-electron chi connectivity index (χ3n) is 2.22. The minimum atomic E-state index is -0.192. The van der Waals surface area contributed by atoms with Gasteiger partial charge < -0.3 is 11.1 Å². The van der Waals surface area contributed by atoms with Gasteiger partial charge in [0.2, 0.25) is 5.91 Å². The van der Waals surface area contributed by atoms with E-state index < -0.39 is 0 Å². The molecule has 0 unspecified atom stereocenters. The van der Waals surface area contributed by atoms with E-state index in [4.69, 9.17) is 5.73 Å². The topological polar surface area (TPSA) is 55.1 Å². The monoisotopic (exact) mass is 162 g/mol. The summed E-state index contributed by atoms with van der Waals surface area (Å²) >= 11 is 0. The van der Waals surface area contributed by atoms with Gasteiger partial charge in [0, 0.05) is 6.04 Å². The van der Waals surface area contributed by atoms with E-state index >= 15 is 0 Å². The first-order valence-electron chi connectivity index (χ1n) is 3.33. The molecule has 3 nitrogen and oxygen atoms in total. The molecule has 1 amide bonds. The highest BCUT2D eigenvalue weighted by molar-refractivity contribution is 5.85. The van der Waals surface area contributed by atoms with Crippen LogP contribution in [-0.2, 0) is 4.79 Å². The van der Waals surface area contributed by atoms with Gasteiger partial charge in [-0.1, -0.05) is 0 Å². The first-order valence-corrected chi connectivity index (χ1v) is 3.33. The van der Waals surface area contributed by atoms with Crippen molar-refractivity contribution in [2.75, 3.05) is 0 Å². The molecule has 1 saturated carbocycles. The SMILES string of the molecule is Cl.NC(=O)[C@@H]1C[C@H]2C[C@H]2N1. The summed E-state index contributed by atoms with van der Waals surface area (Å²) in [6, 6.07) is 0.608. The number of amides is 1. The lowest BCUT2D eigenvalue weighted by molar-refractivity contribution is -0.119. The number of primary amides is 1. The Labute approximate surface area is 65.8 Å². The van der Waals surface area contributed by atoms with Crippen molar-refractivity contribution in [1.82, 2.24) is 5.32 Å². The molecule has 3 N–H and O–H groups in total. The quantitative estimate of drug-likeness (QED) is 0.554. The van der Waals surface area contributed by atoms with Gasteiger partial charge in [0.25, 0.3) is 0 Å². The molecule has 4 heteroatoms. The molecule has 0 aromatic carbocycles. The first kappa shape index (κ1) is 7.82. The molecule has 0 aromatic heterocycles. The Morgan fingerprint density at radius 1 is 1.50 bits per heavy atom. The molecule has 1 saturated heterocycles. The Balaban J connectivity index is 0.000000500. The van der Waals surface area contributed by atoms with E-state index in [9.17, 15) is 4.79 Å². The molecule has 0 aromatic rings. The number of fused-ring (bicyclic) bond motifs is 1. The van der Waals surface area contributed by atoms with E-state index in [0.717, 1.165) is 12.3 Å². The highest BCUT2D eigenvalue weighted by Crippen LogP contribution is 2.40. The molecule has 3 atom stereocenters. The Morgan fingerprint density at radius 3 is 2.50 bits per heavy atom. The van der Waals surface area contributed by atoms with Crippen molar-refractivity contribution in [1.29, 1.82) is 0 Å². The van der Waals surface area contributed by atoms with E-state index in [1.807, 2.05) is 0 Å². The van der Waals surface area contributed by atoms with Crippen molar-refractivity contribution < 1.29 is 4.79 Å². The second-order valence-corrected chi connectivity index (χ2v) is 2.96. The van der Waals surface area contributed by atoms with E-state index in [0.29, 0.717) is 6.04 Å². The van der Waals surface area contributed by atoms with Crippen molar-refractivity contribution in [3.8, 4) is 0 Å². The fourth-order valence-electron chi connectivity index (χ4n) is 1.54. The Kier molecular flexibility index (Phi) is 1.88. The standard InChI is InChI=1S/C6H10N2O.ClH/c7-6(9)5-2-3-1-4(3)8-5;/h3-5,8H,1-2H2,(H2,7,9);1H/t3-,4-,5+;/m1./s1. The van der Waals surface area contributed by atoms with Gasteiger partial charge in [0.05, 0.1) is 6.04 Å². The van der Waals surface area contributed by atoms with Crippen molar-refractivity contribution in [3.05, 3.63) is 0 Å². The van der Waals surface area contributed by atoms with Gasteiger partial charge in [-0.05, 0) is 18.8 Å². The second kappa shape index (κ2) is 2.40. The highest BCUT2D eigenvalue weighted by atomic mass is 35.5. The van der Waals surface area contributed by atoms with E-state index in [2.05, 4.69) is 5.32 Å². The summed E-state index contributed by atoms with van der Waals surface area (Å²) in [7, 11) is 0. The number of nitrogens with one attached hydrogen (secondary N) is 1. The Hall–Kier alpha value is -0.280. The maximum absolute atomic E-state index is 10.5. The zero-order valence-corrected chi connectivity index (χ0v) is 6.36. The molecule has 2 aliphatic rings. The molecular weight excluding hydrogens is 152 g/mol. The Morgan fingerprint density at radius 2 is 2.20 bits per heavy atom. The van der Waals surface area contributed by atoms with Crippen molar-refractivity contribution in [2.45, 2.75) is 24.9 Å². The molecule has 1 heterocycles. The zero-order chi connectivity index (χ0) is 6.43. The van der Waals surface area contributed by atoms with Gasteiger partial charge in [-0.3, -0.25) is 4.79 Å².